The van der Waals surface area contributed by atoms with Gasteiger partial charge in [-0.25, -0.2) is 4.68 Å². The number of thioether (sulfide) groups is 1. The van der Waals surface area contributed by atoms with Crippen molar-refractivity contribution in [2.45, 2.75) is 37.0 Å². The van der Waals surface area contributed by atoms with E-state index in [9.17, 15) is 4.79 Å². The van der Waals surface area contributed by atoms with Crippen LogP contribution < -0.4 is 5.32 Å². The molecule has 2 heterocycles. The number of nitrogens with zero attached hydrogens (tertiary/aromatic N) is 4. The maximum Gasteiger partial charge on any atom is 0.231 e. The summed E-state index contributed by atoms with van der Waals surface area (Å²) in [4.78, 5) is 11.9. The molecule has 2 aromatic heterocycles. The van der Waals surface area contributed by atoms with Crippen LogP contribution in [0, 0.1) is 0 Å². The molecule has 1 aliphatic carbocycles. The van der Waals surface area contributed by atoms with Crippen LogP contribution in [0.3, 0.4) is 0 Å². The minimum atomic E-state index is -0.141. The van der Waals surface area contributed by atoms with Crippen LogP contribution >= 0.6 is 11.8 Å². The fourth-order valence-corrected chi connectivity index (χ4v) is 2.61. The molecule has 3 rings (SSSR count). The monoisotopic (exact) mass is 293 g/mol. The Bertz CT molecular complexity index is 578. The molecule has 8 heteroatoms. The number of nitrogens with one attached hydrogen (secondary N) is 1. The van der Waals surface area contributed by atoms with E-state index in [1.807, 2.05) is 13.0 Å². The van der Waals surface area contributed by atoms with Gasteiger partial charge in [-0.2, -0.15) is 0 Å². The highest BCUT2D eigenvalue weighted by atomic mass is 32.2. The smallest absolute Gasteiger partial charge is 0.231 e. The molecule has 0 aliphatic heterocycles. The Kier molecular flexibility index (Phi) is 3.72. The summed E-state index contributed by atoms with van der Waals surface area (Å²) in [5.41, 5.74) is 0. The van der Waals surface area contributed by atoms with Crippen LogP contribution in [0.15, 0.2) is 28.0 Å². The Labute approximate surface area is 120 Å². The first kappa shape index (κ1) is 13.2. The maximum atomic E-state index is 11.9. The molecule has 0 radical (unpaired) electrons. The van der Waals surface area contributed by atoms with Crippen molar-refractivity contribution < 1.29 is 9.21 Å². The molecule has 1 saturated carbocycles. The highest BCUT2D eigenvalue weighted by molar-refractivity contribution is 7.99. The fraction of sp³-hybridized carbons (Fsp3) is 0.500. The van der Waals surface area contributed by atoms with Crippen molar-refractivity contribution in [2.75, 3.05) is 5.75 Å². The van der Waals surface area contributed by atoms with Gasteiger partial charge in [-0.15, -0.1) is 5.10 Å². The SMILES string of the molecule is CC(NC(=O)CSc1nnnn1C1CC1)c1ccco1. The first-order valence-electron chi connectivity index (χ1n) is 6.47. The third-order valence-electron chi connectivity index (χ3n) is 3.04. The third-order valence-corrected chi connectivity index (χ3v) is 3.97. The lowest BCUT2D eigenvalue weighted by Gasteiger charge is -2.10. The molecule has 106 valence electrons. The van der Waals surface area contributed by atoms with Crippen LogP contribution in [0.4, 0.5) is 0 Å². The molecule has 0 spiro atoms. The molecule has 20 heavy (non-hydrogen) atoms. The zero-order valence-electron chi connectivity index (χ0n) is 11.0. The van der Waals surface area contributed by atoms with Crippen molar-refractivity contribution in [3.05, 3.63) is 24.2 Å². The van der Waals surface area contributed by atoms with Crippen LogP contribution in [0.1, 0.15) is 37.6 Å². The van der Waals surface area contributed by atoms with Gasteiger partial charge < -0.3 is 9.73 Å². The van der Waals surface area contributed by atoms with E-state index >= 15 is 0 Å². The molecule has 1 fully saturated rings. The number of rotatable bonds is 6. The minimum Gasteiger partial charge on any atom is -0.467 e. The van der Waals surface area contributed by atoms with Crippen molar-refractivity contribution in [3.8, 4) is 0 Å². The van der Waals surface area contributed by atoms with Gasteiger partial charge in [0.15, 0.2) is 0 Å². The fourth-order valence-electron chi connectivity index (χ4n) is 1.85. The Hall–Kier alpha value is -1.83. The van der Waals surface area contributed by atoms with Crippen molar-refractivity contribution in [1.29, 1.82) is 0 Å². The predicted octanol–water partition coefficient (Wildman–Crippen LogP) is 1.57. The number of carbonyl (C=O) groups is 1. The lowest BCUT2D eigenvalue weighted by atomic mass is 10.2. The summed E-state index contributed by atoms with van der Waals surface area (Å²) in [6.07, 6.45) is 3.82. The molecule has 1 amide bonds. The molecule has 7 nitrogen and oxygen atoms in total. The summed E-state index contributed by atoms with van der Waals surface area (Å²) in [6.45, 7) is 1.88. The zero-order chi connectivity index (χ0) is 13.9. The van der Waals surface area contributed by atoms with Gasteiger partial charge in [0.05, 0.1) is 24.1 Å². The predicted molar refractivity (Wildman–Crippen MR) is 72.1 cm³/mol. The van der Waals surface area contributed by atoms with E-state index in [0.29, 0.717) is 11.2 Å². The van der Waals surface area contributed by atoms with Crippen LogP contribution in [0.2, 0.25) is 0 Å². The van der Waals surface area contributed by atoms with Crippen molar-refractivity contribution in [2.24, 2.45) is 0 Å². The van der Waals surface area contributed by atoms with Crippen molar-refractivity contribution in [1.82, 2.24) is 25.5 Å². The molecule has 0 bridgehead atoms. The van der Waals surface area contributed by atoms with Crippen LogP contribution in [-0.2, 0) is 4.79 Å². The Morgan fingerprint density at radius 2 is 2.50 bits per heavy atom. The second kappa shape index (κ2) is 5.66. The van der Waals surface area contributed by atoms with Crippen LogP contribution in [0.5, 0.6) is 0 Å². The summed E-state index contributed by atoms with van der Waals surface area (Å²) in [7, 11) is 0. The number of aromatic nitrogens is 4. The van der Waals surface area contributed by atoms with Gasteiger partial charge in [-0.3, -0.25) is 4.79 Å². The second-order valence-electron chi connectivity index (χ2n) is 4.73. The lowest BCUT2D eigenvalue weighted by molar-refractivity contribution is -0.119. The normalized spacial score (nSPS) is 16.1. The summed E-state index contributed by atoms with van der Waals surface area (Å²) in [5.74, 6) is 0.966. The van der Waals surface area contributed by atoms with E-state index in [0.717, 1.165) is 18.6 Å². The molecule has 2 aromatic rings. The van der Waals surface area contributed by atoms with E-state index in [2.05, 4.69) is 20.8 Å². The Morgan fingerprint density at radius 1 is 1.65 bits per heavy atom. The molecule has 0 aromatic carbocycles. The van der Waals surface area contributed by atoms with Gasteiger partial charge in [0, 0.05) is 0 Å². The standard InChI is InChI=1S/C12H15N5O2S/c1-8(10-3-2-6-19-10)13-11(18)7-20-12-14-15-16-17(12)9-4-5-9/h2-3,6,8-9H,4-5,7H2,1H3,(H,13,18). The average Bonchev–Trinajstić information content (AvgIpc) is 2.95. The maximum absolute atomic E-state index is 11.9. The van der Waals surface area contributed by atoms with E-state index in [-0.39, 0.29) is 17.7 Å². The number of hydrogen-bond acceptors (Lipinski definition) is 6. The summed E-state index contributed by atoms with van der Waals surface area (Å²) < 4.78 is 7.05. The van der Waals surface area contributed by atoms with E-state index < -0.39 is 0 Å². The number of tetrazole rings is 1. The lowest BCUT2D eigenvalue weighted by Crippen LogP contribution is -2.28. The number of furan rings is 1. The highest BCUT2D eigenvalue weighted by Gasteiger charge is 2.28. The van der Waals surface area contributed by atoms with Crippen LogP contribution in [0.25, 0.3) is 0 Å². The minimum absolute atomic E-state index is 0.0655. The number of amides is 1. The third kappa shape index (κ3) is 3.01. The van der Waals surface area contributed by atoms with Crippen molar-refractivity contribution in [3.63, 3.8) is 0 Å². The van der Waals surface area contributed by atoms with Gasteiger partial charge >= 0.3 is 0 Å². The Morgan fingerprint density at radius 3 is 3.20 bits per heavy atom. The van der Waals surface area contributed by atoms with Gasteiger partial charge in [0.2, 0.25) is 11.1 Å². The summed E-state index contributed by atoms with van der Waals surface area (Å²) in [5, 5.41) is 15.1. The molecule has 0 saturated heterocycles. The first-order chi connectivity index (χ1) is 9.74. The van der Waals surface area contributed by atoms with Crippen LogP contribution in [-0.4, -0.2) is 31.9 Å². The molecule has 1 N–H and O–H groups in total. The second-order valence-corrected chi connectivity index (χ2v) is 5.67. The van der Waals surface area contributed by atoms with Gasteiger partial charge in [-0.1, -0.05) is 11.8 Å². The van der Waals surface area contributed by atoms with Crippen molar-refractivity contribution >= 4 is 17.7 Å². The van der Waals surface area contributed by atoms with Gasteiger partial charge in [0.25, 0.3) is 0 Å². The molecule has 1 aliphatic rings. The quantitative estimate of drug-likeness (QED) is 0.814. The molecule has 1 atom stereocenters. The zero-order valence-corrected chi connectivity index (χ0v) is 11.8. The van der Waals surface area contributed by atoms with E-state index in [4.69, 9.17) is 4.42 Å². The van der Waals surface area contributed by atoms with E-state index in [1.165, 1.54) is 11.8 Å². The molecular weight excluding hydrogens is 278 g/mol. The number of hydrogen-bond donors (Lipinski definition) is 1. The average molecular weight is 293 g/mol. The first-order valence-corrected chi connectivity index (χ1v) is 7.46. The molecule has 1 unspecified atom stereocenters. The van der Waals surface area contributed by atoms with Gasteiger partial charge in [0.1, 0.15) is 5.76 Å². The van der Waals surface area contributed by atoms with Gasteiger partial charge in [-0.05, 0) is 42.3 Å². The topological polar surface area (TPSA) is 85.8 Å². The summed E-state index contributed by atoms with van der Waals surface area (Å²) >= 11 is 1.35. The van der Waals surface area contributed by atoms with E-state index in [1.54, 1.807) is 17.0 Å². The summed E-state index contributed by atoms with van der Waals surface area (Å²) in [6, 6.07) is 3.91. The Balaban J connectivity index is 1.50. The number of carbonyl (C=O) groups excluding carboxylic acids is 1. The molecular formula is C12H15N5O2S. The highest BCUT2D eigenvalue weighted by Crippen LogP contribution is 2.36. The largest absolute Gasteiger partial charge is 0.467 e.